The van der Waals surface area contributed by atoms with Crippen LogP contribution in [0.3, 0.4) is 0 Å². The molecule has 3 nitrogen and oxygen atoms in total. The molecule has 1 aliphatic carbocycles. The van der Waals surface area contributed by atoms with Crippen molar-refractivity contribution in [3.63, 3.8) is 0 Å². The molecule has 1 aliphatic heterocycles. The third-order valence-electron chi connectivity index (χ3n) is 6.08. The summed E-state index contributed by atoms with van der Waals surface area (Å²) in [6, 6.07) is 0.253. The van der Waals surface area contributed by atoms with Gasteiger partial charge in [0.1, 0.15) is 0 Å². The highest BCUT2D eigenvalue weighted by molar-refractivity contribution is 5.76. The average Bonchev–Trinajstić information content (AvgIpc) is 2.49. The van der Waals surface area contributed by atoms with Gasteiger partial charge in [-0.2, -0.15) is 0 Å². The average molecular weight is 280 g/mol. The number of rotatable bonds is 4. The second-order valence-electron chi connectivity index (χ2n) is 7.00. The molecule has 0 spiro atoms. The van der Waals surface area contributed by atoms with Crippen LogP contribution in [0.25, 0.3) is 0 Å². The molecule has 2 N–H and O–H groups in total. The molecular weight excluding hydrogens is 248 g/mol. The van der Waals surface area contributed by atoms with Crippen LogP contribution in [-0.4, -0.2) is 29.9 Å². The molecule has 0 aromatic carbocycles. The van der Waals surface area contributed by atoms with Gasteiger partial charge in [0.15, 0.2) is 0 Å². The van der Waals surface area contributed by atoms with Gasteiger partial charge in [-0.1, -0.05) is 39.5 Å². The summed E-state index contributed by atoms with van der Waals surface area (Å²) in [5, 5.41) is 0. The zero-order valence-electron chi connectivity index (χ0n) is 13.4. The molecule has 1 heterocycles. The van der Waals surface area contributed by atoms with Crippen molar-refractivity contribution in [3.05, 3.63) is 0 Å². The van der Waals surface area contributed by atoms with Crippen molar-refractivity contribution in [3.8, 4) is 0 Å². The molecule has 2 unspecified atom stereocenters. The maximum absolute atomic E-state index is 12.5. The van der Waals surface area contributed by atoms with E-state index in [1.165, 1.54) is 38.5 Å². The Hall–Kier alpha value is -0.570. The summed E-state index contributed by atoms with van der Waals surface area (Å²) in [6.07, 6.45) is 10.3. The summed E-state index contributed by atoms with van der Waals surface area (Å²) in [7, 11) is 0. The highest BCUT2D eigenvalue weighted by atomic mass is 16.2. The SMILES string of the molecule is CCC1(CC)CCN(C(=O)CC2CCCCC2N)CC1. The van der Waals surface area contributed by atoms with Gasteiger partial charge >= 0.3 is 0 Å². The molecule has 1 saturated carbocycles. The number of likely N-dealkylation sites (tertiary alicyclic amines) is 1. The number of hydrogen-bond acceptors (Lipinski definition) is 2. The van der Waals surface area contributed by atoms with Crippen molar-refractivity contribution in [2.45, 2.75) is 77.7 Å². The van der Waals surface area contributed by atoms with Gasteiger partial charge in [-0.25, -0.2) is 0 Å². The molecule has 0 aromatic rings. The summed E-state index contributed by atoms with van der Waals surface area (Å²) < 4.78 is 0. The Balaban J connectivity index is 1.82. The fraction of sp³-hybridized carbons (Fsp3) is 0.941. The lowest BCUT2D eigenvalue weighted by Crippen LogP contribution is -2.44. The minimum atomic E-state index is 0.253. The zero-order chi connectivity index (χ0) is 14.6. The lowest BCUT2D eigenvalue weighted by atomic mass is 9.74. The number of amides is 1. The number of nitrogens with two attached hydrogens (primary N) is 1. The lowest BCUT2D eigenvalue weighted by Gasteiger charge is -2.41. The smallest absolute Gasteiger partial charge is 0.222 e. The van der Waals surface area contributed by atoms with E-state index in [0.29, 0.717) is 23.7 Å². The monoisotopic (exact) mass is 280 g/mol. The van der Waals surface area contributed by atoms with Gasteiger partial charge in [-0.3, -0.25) is 4.79 Å². The van der Waals surface area contributed by atoms with E-state index in [9.17, 15) is 4.79 Å². The van der Waals surface area contributed by atoms with Crippen molar-refractivity contribution >= 4 is 5.91 Å². The Bertz CT molecular complexity index is 315. The van der Waals surface area contributed by atoms with Crippen molar-refractivity contribution in [1.82, 2.24) is 4.90 Å². The Morgan fingerprint density at radius 2 is 1.75 bits per heavy atom. The van der Waals surface area contributed by atoms with E-state index in [0.717, 1.165) is 25.9 Å². The molecule has 3 heteroatoms. The maximum Gasteiger partial charge on any atom is 0.222 e. The molecule has 0 bridgehead atoms. The number of piperidine rings is 1. The minimum absolute atomic E-state index is 0.253. The van der Waals surface area contributed by atoms with E-state index in [4.69, 9.17) is 5.73 Å². The van der Waals surface area contributed by atoms with Crippen molar-refractivity contribution in [2.75, 3.05) is 13.1 Å². The van der Waals surface area contributed by atoms with Gasteiger partial charge < -0.3 is 10.6 Å². The van der Waals surface area contributed by atoms with Crippen LogP contribution >= 0.6 is 0 Å². The molecule has 2 fully saturated rings. The Kier molecular flexibility index (Phi) is 5.48. The third kappa shape index (κ3) is 3.55. The molecule has 1 amide bonds. The van der Waals surface area contributed by atoms with Gasteiger partial charge in [-0.15, -0.1) is 0 Å². The van der Waals surface area contributed by atoms with Gasteiger partial charge in [0.25, 0.3) is 0 Å². The molecule has 1 saturated heterocycles. The fourth-order valence-electron chi connectivity index (χ4n) is 4.03. The summed E-state index contributed by atoms with van der Waals surface area (Å²) in [6.45, 7) is 6.51. The molecule has 20 heavy (non-hydrogen) atoms. The predicted molar refractivity (Wildman–Crippen MR) is 83.4 cm³/mol. The van der Waals surface area contributed by atoms with Crippen molar-refractivity contribution in [1.29, 1.82) is 0 Å². The van der Waals surface area contributed by atoms with Crippen LogP contribution in [-0.2, 0) is 4.79 Å². The van der Waals surface area contributed by atoms with Crippen molar-refractivity contribution in [2.24, 2.45) is 17.1 Å². The largest absolute Gasteiger partial charge is 0.343 e. The second kappa shape index (κ2) is 6.93. The standard InChI is InChI=1S/C17H32N2O/c1-3-17(4-2)9-11-19(12-10-17)16(20)13-14-7-5-6-8-15(14)18/h14-15H,3-13,18H2,1-2H3. The van der Waals surface area contributed by atoms with Crippen LogP contribution in [0.2, 0.25) is 0 Å². The fourth-order valence-corrected chi connectivity index (χ4v) is 4.03. The number of carbonyl (C=O) groups excluding carboxylic acids is 1. The normalized spacial score (nSPS) is 30.2. The van der Waals surface area contributed by atoms with Crippen LogP contribution in [0.5, 0.6) is 0 Å². The van der Waals surface area contributed by atoms with Crippen LogP contribution in [0, 0.1) is 11.3 Å². The van der Waals surface area contributed by atoms with E-state index >= 15 is 0 Å². The Morgan fingerprint density at radius 3 is 2.30 bits per heavy atom. The Labute approximate surface area is 124 Å². The second-order valence-corrected chi connectivity index (χ2v) is 7.00. The topological polar surface area (TPSA) is 46.3 Å². The first-order valence-electron chi connectivity index (χ1n) is 8.63. The highest BCUT2D eigenvalue weighted by Crippen LogP contribution is 2.38. The van der Waals surface area contributed by atoms with Crippen LogP contribution < -0.4 is 5.73 Å². The van der Waals surface area contributed by atoms with E-state index in [1.807, 2.05) is 0 Å². The summed E-state index contributed by atoms with van der Waals surface area (Å²) >= 11 is 0. The van der Waals surface area contributed by atoms with Crippen LogP contribution in [0.4, 0.5) is 0 Å². The first-order chi connectivity index (χ1) is 9.60. The maximum atomic E-state index is 12.5. The third-order valence-corrected chi connectivity index (χ3v) is 6.08. The molecule has 0 aromatic heterocycles. The summed E-state index contributed by atoms with van der Waals surface area (Å²) in [5.41, 5.74) is 6.67. The molecule has 116 valence electrons. The lowest BCUT2D eigenvalue weighted by molar-refractivity contribution is -0.135. The van der Waals surface area contributed by atoms with E-state index in [2.05, 4.69) is 18.7 Å². The van der Waals surface area contributed by atoms with Gasteiger partial charge in [0, 0.05) is 25.6 Å². The first-order valence-corrected chi connectivity index (χ1v) is 8.63. The first kappa shape index (κ1) is 15.8. The molecular formula is C17H32N2O. The number of hydrogen-bond donors (Lipinski definition) is 1. The molecule has 2 rings (SSSR count). The summed E-state index contributed by atoms with van der Waals surface area (Å²) in [5.74, 6) is 0.786. The number of carbonyl (C=O) groups is 1. The predicted octanol–water partition coefficient (Wildman–Crippen LogP) is 3.32. The highest BCUT2D eigenvalue weighted by Gasteiger charge is 2.34. The van der Waals surface area contributed by atoms with E-state index in [1.54, 1.807) is 0 Å². The van der Waals surface area contributed by atoms with Gasteiger partial charge in [0.05, 0.1) is 0 Å². The van der Waals surface area contributed by atoms with Crippen LogP contribution in [0.1, 0.15) is 71.6 Å². The van der Waals surface area contributed by atoms with Gasteiger partial charge in [-0.05, 0) is 37.0 Å². The minimum Gasteiger partial charge on any atom is -0.343 e. The van der Waals surface area contributed by atoms with E-state index < -0.39 is 0 Å². The Morgan fingerprint density at radius 1 is 1.15 bits per heavy atom. The number of nitrogens with zero attached hydrogens (tertiary/aromatic N) is 1. The van der Waals surface area contributed by atoms with E-state index in [-0.39, 0.29) is 6.04 Å². The van der Waals surface area contributed by atoms with Gasteiger partial charge in [0.2, 0.25) is 5.91 Å². The molecule has 2 atom stereocenters. The van der Waals surface area contributed by atoms with Crippen molar-refractivity contribution < 1.29 is 4.79 Å². The molecule has 2 aliphatic rings. The molecule has 0 radical (unpaired) electrons. The zero-order valence-corrected chi connectivity index (χ0v) is 13.4. The van der Waals surface area contributed by atoms with Crippen LogP contribution in [0.15, 0.2) is 0 Å². The quantitative estimate of drug-likeness (QED) is 0.858. The summed E-state index contributed by atoms with van der Waals surface area (Å²) in [4.78, 5) is 14.6.